The monoisotopic (exact) mass is 344 g/mol. The smallest absolute Gasteiger partial charge is 0.254 e. The van der Waals surface area contributed by atoms with Gasteiger partial charge in [-0.1, -0.05) is 36.4 Å². The Kier molecular flexibility index (Phi) is 5.43. The molecule has 2 aromatic carbocycles. The van der Waals surface area contributed by atoms with Crippen molar-refractivity contribution in [3.63, 3.8) is 0 Å². The molecular formula is C20H22F2N2O. The Morgan fingerprint density at radius 1 is 1.16 bits per heavy atom. The number of nitrogens with zero attached hydrogens (tertiary/aromatic N) is 1. The van der Waals surface area contributed by atoms with Crippen molar-refractivity contribution in [2.45, 2.75) is 38.4 Å². The summed E-state index contributed by atoms with van der Waals surface area (Å²) in [4.78, 5) is 14.6. The molecule has 0 spiro atoms. The molecule has 1 aliphatic heterocycles. The van der Waals surface area contributed by atoms with E-state index in [-0.39, 0.29) is 11.6 Å². The Labute approximate surface area is 146 Å². The zero-order chi connectivity index (χ0) is 17.8. The first kappa shape index (κ1) is 17.5. The SMILES string of the molecule is C[C@H]1C[C@H](NC(=O)c2cccc(F)c2F)CCN1Cc1ccccc1. The minimum absolute atomic E-state index is 0.0304. The van der Waals surface area contributed by atoms with Gasteiger partial charge in [-0.25, -0.2) is 8.78 Å². The molecule has 1 saturated heterocycles. The first-order valence-electron chi connectivity index (χ1n) is 8.57. The third-order valence-electron chi connectivity index (χ3n) is 4.77. The van der Waals surface area contributed by atoms with Crippen LogP contribution in [0.2, 0.25) is 0 Å². The van der Waals surface area contributed by atoms with Gasteiger partial charge in [0.1, 0.15) is 0 Å². The van der Waals surface area contributed by atoms with Crippen LogP contribution in [0.5, 0.6) is 0 Å². The quantitative estimate of drug-likeness (QED) is 0.916. The summed E-state index contributed by atoms with van der Waals surface area (Å²) in [5.74, 6) is -2.64. The second-order valence-corrected chi connectivity index (χ2v) is 6.60. The van der Waals surface area contributed by atoms with Crippen LogP contribution in [0, 0.1) is 11.6 Å². The lowest BCUT2D eigenvalue weighted by atomic mass is 9.97. The molecule has 0 aliphatic carbocycles. The number of nitrogens with one attached hydrogen (secondary N) is 1. The van der Waals surface area contributed by atoms with Gasteiger partial charge in [-0.15, -0.1) is 0 Å². The van der Waals surface area contributed by atoms with Crippen LogP contribution < -0.4 is 5.32 Å². The highest BCUT2D eigenvalue weighted by Crippen LogP contribution is 2.21. The van der Waals surface area contributed by atoms with Crippen molar-refractivity contribution in [3.8, 4) is 0 Å². The van der Waals surface area contributed by atoms with Gasteiger partial charge in [-0.3, -0.25) is 9.69 Å². The van der Waals surface area contributed by atoms with Crippen LogP contribution in [-0.4, -0.2) is 29.4 Å². The van der Waals surface area contributed by atoms with Gasteiger partial charge in [0.25, 0.3) is 5.91 Å². The minimum atomic E-state index is -1.09. The van der Waals surface area contributed by atoms with Crippen molar-refractivity contribution in [2.75, 3.05) is 6.54 Å². The highest BCUT2D eigenvalue weighted by molar-refractivity contribution is 5.94. The molecule has 1 amide bonds. The molecule has 25 heavy (non-hydrogen) atoms. The lowest BCUT2D eigenvalue weighted by Crippen LogP contribution is -2.48. The number of carbonyl (C=O) groups excluding carboxylic acids is 1. The third kappa shape index (κ3) is 4.23. The van der Waals surface area contributed by atoms with Gasteiger partial charge in [0.2, 0.25) is 0 Å². The van der Waals surface area contributed by atoms with E-state index in [9.17, 15) is 13.6 Å². The standard InChI is InChI=1S/C20H22F2N2O/c1-14-12-16(10-11-24(14)13-15-6-3-2-4-7-15)23-20(25)17-8-5-9-18(21)19(17)22/h2-9,14,16H,10-13H2,1H3,(H,23,25)/t14-,16+/m0/s1. The first-order valence-corrected chi connectivity index (χ1v) is 8.57. The highest BCUT2D eigenvalue weighted by Gasteiger charge is 2.27. The maximum absolute atomic E-state index is 13.7. The van der Waals surface area contributed by atoms with Crippen LogP contribution in [0.15, 0.2) is 48.5 Å². The van der Waals surface area contributed by atoms with E-state index in [0.717, 1.165) is 32.0 Å². The van der Waals surface area contributed by atoms with E-state index in [0.29, 0.717) is 6.04 Å². The van der Waals surface area contributed by atoms with Crippen molar-refractivity contribution in [1.29, 1.82) is 0 Å². The van der Waals surface area contributed by atoms with Crippen molar-refractivity contribution >= 4 is 5.91 Å². The normalized spacial score (nSPS) is 21.1. The Morgan fingerprint density at radius 2 is 1.92 bits per heavy atom. The number of hydrogen-bond acceptors (Lipinski definition) is 2. The van der Waals surface area contributed by atoms with Crippen molar-refractivity contribution < 1.29 is 13.6 Å². The average Bonchev–Trinajstić information content (AvgIpc) is 2.60. The maximum atomic E-state index is 13.7. The number of halogens is 2. The van der Waals surface area contributed by atoms with E-state index >= 15 is 0 Å². The van der Waals surface area contributed by atoms with Crippen molar-refractivity contribution in [1.82, 2.24) is 10.2 Å². The molecule has 132 valence electrons. The largest absolute Gasteiger partial charge is 0.349 e. The minimum Gasteiger partial charge on any atom is -0.349 e. The second kappa shape index (κ2) is 7.74. The number of carbonyl (C=O) groups is 1. The van der Waals surface area contributed by atoms with Crippen molar-refractivity contribution in [2.24, 2.45) is 0 Å². The fourth-order valence-corrected chi connectivity index (χ4v) is 3.35. The van der Waals surface area contributed by atoms with E-state index in [4.69, 9.17) is 0 Å². The van der Waals surface area contributed by atoms with E-state index in [2.05, 4.69) is 29.3 Å². The zero-order valence-corrected chi connectivity index (χ0v) is 14.2. The molecule has 1 N–H and O–H groups in total. The van der Waals surface area contributed by atoms with Crippen LogP contribution in [0.1, 0.15) is 35.7 Å². The molecule has 1 heterocycles. The van der Waals surface area contributed by atoms with E-state index in [1.165, 1.54) is 17.7 Å². The lowest BCUT2D eigenvalue weighted by Gasteiger charge is -2.38. The van der Waals surface area contributed by atoms with Gasteiger partial charge in [0, 0.05) is 25.2 Å². The Balaban J connectivity index is 1.58. The number of piperidine rings is 1. The maximum Gasteiger partial charge on any atom is 0.254 e. The van der Waals surface area contributed by atoms with E-state index in [1.807, 2.05) is 18.2 Å². The number of amides is 1. The molecule has 0 unspecified atom stereocenters. The summed E-state index contributed by atoms with van der Waals surface area (Å²) in [6, 6.07) is 14.2. The van der Waals surface area contributed by atoms with Gasteiger partial charge >= 0.3 is 0 Å². The Morgan fingerprint density at radius 3 is 2.64 bits per heavy atom. The third-order valence-corrected chi connectivity index (χ3v) is 4.77. The molecule has 0 bridgehead atoms. The molecule has 2 atom stereocenters. The highest BCUT2D eigenvalue weighted by atomic mass is 19.2. The van der Waals surface area contributed by atoms with Crippen LogP contribution >= 0.6 is 0 Å². The van der Waals surface area contributed by atoms with Crippen LogP contribution in [0.3, 0.4) is 0 Å². The van der Waals surface area contributed by atoms with Gasteiger partial charge in [0.05, 0.1) is 5.56 Å². The Bertz CT molecular complexity index is 736. The average molecular weight is 344 g/mol. The Hall–Kier alpha value is -2.27. The molecule has 0 radical (unpaired) electrons. The summed E-state index contributed by atoms with van der Waals surface area (Å²) in [7, 11) is 0. The number of likely N-dealkylation sites (tertiary alicyclic amines) is 1. The van der Waals surface area contributed by atoms with Gasteiger partial charge < -0.3 is 5.32 Å². The summed E-state index contributed by atoms with van der Waals surface area (Å²) in [6.45, 7) is 3.86. The molecule has 2 aromatic rings. The predicted octanol–water partition coefficient (Wildman–Crippen LogP) is 3.75. The number of hydrogen-bond donors (Lipinski definition) is 1. The summed E-state index contributed by atoms with van der Waals surface area (Å²) in [5, 5.41) is 2.85. The van der Waals surface area contributed by atoms with Crippen LogP contribution in [0.25, 0.3) is 0 Å². The number of rotatable bonds is 4. The molecule has 5 heteroatoms. The lowest BCUT2D eigenvalue weighted by molar-refractivity contribution is 0.0862. The molecule has 3 rings (SSSR count). The molecular weight excluding hydrogens is 322 g/mol. The van der Waals surface area contributed by atoms with Gasteiger partial charge in [-0.2, -0.15) is 0 Å². The van der Waals surface area contributed by atoms with Crippen LogP contribution in [-0.2, 0) is 6.54 Å². The fourth-order valence-electron chi connectivity index (χ4n) is 3.35. The van der Waals surface area contributed by atoms with Gasteiger partial charge in [0.15, 0.2) is 11.6 Å². The van der Waals surface area contributed by atoms with Gasteiger partial charge in [-0.05, 0) is 37.5 Å². The predicted molar refractivity (Wildman–Crippen MR) is 93.2 cm³/mol. The molecule has 3 nitrogen and oxygen atoms in total. The molecule has 1 aliphatic rings. The molecule has 0 aromatic heterocycles. The molecule has 1 fully saturated rings. The molecule has 0 saturated carbocycles. The summed E-state index contributed by atoms with van der Waals surface area (Å²) < 4.78 is 27.0. The second-order valence-electron chi connectivity index (χ2n) is 6.60. The number of benzene rings is 2. The summed E-state index contributed by atoms with van der Waals surface area (Å²) >= 11 is 0. The fraction of sp³-hybridized carbons (Fsp3) is 0.350. The first-order chi connectivity index (χ1) is 12.0. The van der Waals surface area contributed by atoms with Crippen LogP contribution in [0.4, 0.5) is 8.78 Å². The summed E-state index contributed by atoms with van der Waals surface area (Å²) in [6.07, 6.45) is 1.58. The summed E-state index contributed by atoms with van der Waals surface area (Å²) in [5.41, 5.74) is 1.03. The van der Waals surface area contributed by atoms with E-state index < -0.39 is 17.5 Å². The zero-order valence-electron chi connectivity index (χ0n) is 14.2. The topological polar surface area (TPSA) is 32.3 Å². The van der Waals surface area contributed by atoms with E-state index in [1.54, 1.807) is 0 Å². The van der Waals surface area contributed by atoms with Crippen molar-refractivity contribution in [3.05, 3.63) is 71.3 Å².